The fourth-order valence-corrected chi connectivity index (χ4v) is 3.34. The van der Waals surface area contributed by atoms with Crippen LogP contribution in [0.25, 0.3) is 0 Å². The summed E-state index contributed by atoms with van der Waals surface area (Å²) in [7, 11) is 0. The van der Waals surface area contributed by atoms with Crippen LogP contribution in [0.5, 0.6) is 0 Å². The van der Waals surface area contributed by atoms with Crippen molar-refractivity contribution in [1.29, 1.82) is 0 Å². The van der Waals surface area contributed by atoms with E-state index in [-0.39, 0.29) is 25.0 Å². The van der Waals surface area contributed by atoms with Gasteiger partial charge in [-0.1, -0.05) is 25.3 Å². The number of carbonyl (C=O) groups is 2. The van der Waals surface area contributed by atoms with E-state index in [1.54, 1.807) is 24.5 Å². The highest BCUT2D eigenvalue weighted by atomic mass is 16.5. The molecular formula is C17H23N3O4. The molecule has 2 amide bonds. The number of aliphatic hydroxyl groups is 1. The SMILES string of the molecule is O=C1CO[C@H](C(=O)NCC2(O)CCCCC2)[C@@H](c2cccnc2)N1. The third kappa shape index (κ3) is 3.91. The zero-order valence-corrected chi connectivity index (χ0v) is 13.5. The summed E-state index contributed by atoms with van der Waals surface area (Å²) in [6.45, 7) is 0.0541. The van der Waals surface area contributed by atoms with Crippen LogP contribution in [0.3, 0.4) is 0 Å². The Morgan fingerprint density at radius 1 is 1.42 bits per heavy atom. The molecule has 1 aromatic heterocycles. The second-order valence-electron chi connectivity index (χ2n) is 6.57. The summed E-state index contributed by atoms with van der Waals surface area (Å²) in [4.78, 5) is 28.2. The smallest absolute Gasteiger partial charge is 0.251 e. The first-order valence-corrected chi connectivity index (χ1v) is 8.38. The van der Waals surface area contributed by atoms with Crippen molar-refractivity contribution >= 4 is 11.8 Å². The molecule has 1 saturated carbocycles. The molecule has 3 rings (SSSR count). The zero-order valence-electron chi connectivity index (χ0n) is 13.5. The maximum absolute atomic E-state index is 12.6. The summed E-state index contributed by atoms with van der Waals surface area (Å²) < 4.78 is 5.46. The van der Waals surface area contributed by atoms with Crippen LogP contribution >= 0.6 is 0 Å². The molecule has 7 nitrogen and oxygen atoms in total. The monoisotopic (exact) mass is 333 g/mol. The summed E-state index contributed by atoms with van der Waals surface area (Å²) in [5, 5.41) is 16.1. The number of aromatic nitrogens is 1. The van der Waals surface area contributed by atoms with Gasteiger partial charge in [0.25, 0.3) is 5.91 Å². The number of carbonyl (C=O) groups excluding carboxylic acids is 2. The van der Waals surface area contributed by atoms with Crippen LogP contribution in [0.1, 0.15) is 43.7 Å². The summed E-state index contributed by atoms with van der Waals surface area (Å²) in [6.07, 6.45) is 6.86. The minimum absolute atomic E-state index is 0.154. The van der Waals surface area contributed by atoms with Crippen LogP contribution in [-0.2, 0) is 14.3 Å². The quantitative estimate of drug-likeness (QED) is 0.743. The largest absolute Gasteiger partial charge is 0.388 e. The molecule has 7 heteroatoms. The third-order valence-electron chi connectivity index (χ3n) is 4.69. The van der Waals surface area contributed by atoms with Gasteiger partial charge in [0.1, 0.15) is 6.61 Å². The lowest BCUT2D eigenvalue weighted by atomic mass is 9.85. The molecule has 0 spiro atoms. The van der Waals surface area contributed by atoms with Gasteiger partial charge >= 0.3 is 0 Å². The molecule has 0 unspecified atom stereocenters. The number of ether oxygens (including phenoxy) is 1. The molecule has 2 atom stereocenters. The van der Waals surface area contributed by atoms with Gasteiger partial charge in [-0.2, -0.15) is 0 Å². The van der Waals surface area contributed by atoms with Crippen LogP contribution in [0.2, 0.25) is 0 Å². The van der Waals surface area contributed by atoms with Gasteiger partial charge in [0, 0.05) is 18.9 Å². The summed E-state index contributed by atoms with van der Waals surface area (Å²) >= 11 is 0. The van der Waals surface area contributed by atoms with E-state index < -0.39 is 17.7 Å². The van der Waals surface area contributed by atoms with Crippen LogP contribution < -0.4 is 10.6 Å². The van der Waals surface area contributed by atoms with Crippen molar-refractivity contribution in [3.8, 4) is 0 Å². The Morgan fingerprint density at radius 3 is 2.92 bits per heavy atom. The summed E-state index contributed by atoms with van der Waals surface area (Å²) in [5.41, 5.74) is -0.127. The highest BCUT2D eigenvalue weighted by Gasteiger charge is 2.37. The Balaban J connectivity index is 1.66. The van der Waals surface area contributed by atoms with Gasteiger partial charge in [0.05, 0.1) is 11.6 Å². The lowest BCUT2D eigenvalue weighted by molar-refractivity contribution is -0.148. The van der Waals surface area contributed by atoms with Crippen molar-refractivity contribution in [1.82, 2.24) is 15.6 Å². The number of nitrogens with one attached hydrogen (secondary N) is 2. The molecule has 1 aromatic rings. The first-order chi connectivity index (χ1) is 11.6. The zero-order chi connectivity index (χ0) is 17.0. The Bertz CT molecular complexity index is 587. The Labute approximate surface area is 140 Å². The maximum Gasteiger partial charge on any atom is 0.251 e. The average Bonchev–Trinajstić information content (AvgIpc) is 2.61. The van der Waals surface area contributed by atoms with Gasteiger partial charge in [0.15, 0.2) is 6.10 Å². The van der Waals surface area contributed by atoms with Crippen molar-refractivity contribution < 1.29 is 19.4 Å². The maximum atomic E-state index is 12.6. The standard InChI is InChI=1S/C17H23N3O4/c21-13-10-24-15(14(20-13)12-5-4-8-18-9-12)16(22)19-11-17(23)6-2-1-3-7-17/h4-5,8-9,14-15,23H,1-3,6-7,10-11H2,(H,19,22)(H,20,21)/t14-,15+/m1/s1. The van der Waals surface area contributed by atoms with Gasteiger partial charge in [-0.05, 0) is 24.5 Å². The first-order valence-electron chi connectivity index (χ1n) is 8.38. The molecular weight excluding hydrogens is 310 g/mol. The minimum atomic E-state index is -0.838. The van der Waals surface area contributed by atoms with Gasteiger partial charge in [0.2, 0.25) is 5.91 Å². The van der Waals surface area contributed by atoms with E-state index in [0.29, 0.717) is 18.4 Å². The molecule has 1 saturated heterocycles. The predicted molar refractivity (Wildman–Crippen MR) is 85.9 cm³/mol. The lowest BCUT2D eigenvalue weighted by Crippen LogP contribution is -2.54. The van der Waals surface area contributed by atoms with Crippen molar-refractivity contribution in [3.05, 3.63) is 30.1 Å². The molecule has 1 aliphatic heterocycles. The Kier molecular flexibility index (Phi) is 5.11. The third-order valence-corrected chi connectivity index (χ3v) is 4.69. The average molecular weight is 333 g/mol. The van der Waals surface area contributed by atoms with E-state index in [1.165, 1.54) is 0 Å². The highest BCUT2D eigenvalue weighted by Crippen LogP contribution is 2.28. The molecule has 0 radical (unpaired) electrons. The van der Waals surface area contributed by atoms with Crippen molar-refractivity contribution in [2.24, 2.45) is 0 Å². The number of morpholine rings is 1. The van der Waals surface area contributed by atoms with Crippen LogP contribution in [0, 0.1) is 0 Å². The second kappa shape index (κ2) is 7.27. The van der Waals surface area contributed by atoms with E-state index in [9.17, 15) is 14.7 Å². The van der Waals surface area contributed by atoms with E-state index in [1.807, 2.05) is 0 Å². The molecule has 2 heterocycles. The molecule has 24 heavy (non-hydrogen) atoms. The lowest BCUT2D eigenvalue weighted by Gasteiger charge is -2.35. The van der Waals surface area contributed by atoms with Crippen molar-refractivity contribution in [2.45, 2.75) is 49.9 Å². The van der Waals surface area contributed by atoms with Crippen LogP contribution in [-0.4, -0.2) is 46.8 Å². The van der Waals surface area contributed by atoms with Crippen LogP contribution in [0.4, 0.5) is 0 Å². The van der Waals surface area contributed by atoms with Crippen molar-refractivity contribution in [2.75, 3.05) is 13.2 Å². The molecule has 1 aliphatic carbocycles. The van der Waals surface area contributed by atoms with E-state index in [4.69, 9.17) is 4.74 Å². The number of nitrogens with zero attached hydrogens (tertiary/aromatic N) is 1. The Hall–Kier alpha value is -1.99. The highest BCUT2D eigenvalue weighted by molar-refractivity contribution is 5.86. The van der Waals surface area contributed by atoms with Crippen LogP contribution in [0.15, 0.2) is 24.5 Å². The van der Waals surface area contributed by atoms with E-state index >= 15 is 0 Å². The number of hydrogen-bond donors (Lipinski definition) is 3. The minimum Gasteiger partial charge on any atom is -0.388 e. The number of amides is 2. The first kappa shape index (κ1) is 16.9. The number of pyridine rings is 1. The fourth-order valence-electron chi connectivity index (χ4n) is 3.34. The molecule has 2 fully saturated rings. The molecule has 3 N–H and O–H groups in total. The van der Waals surface area contributed by atoms with Gasteiger partial charge in [-0.25, -0.2) is 0 Å². The number of rotatable bonds is 4. The van der Waals surface area contributed by atoms with E-state index in [0.717, 1.165) is 19.3 Å². The predicted octanol–water partition coefficient (Wildman–Crippen LogP) is 0.449. The molecule has 130 valence electrons. The summed E-state index contributed by atoms with van der Waals surface area (Å²) in [6, 6.07) is 2.96. The summed E-state index contributed by atoms with van der Waals surface area (Å²) in [5.74, 6) is -0.596. The van der Waals surface area contributed by atoms with Gasteiger partial charge in [-0.3, -0.25) is 14.6 Å². The van der Waals surface area contributed by atoms with Gasteiger partial charge in [-0.15, -0.1) is 0 Å². The molecule has 0 bridgehead atoms. The topological polar surface area (TPSA) is 101 Å². The fraction of sp³-hybridized carbons (Fsp3) is 0.588. The van der Waals surface area contributed by atoms with Gasteiger partial charge < -0.3 is 20.5 Å². The van der Waals surface area contributed by atoms with E-state index in [2.05, 4.69) is 15.6 Å². The Morgan fingerprint density at radius 2 is 2.21 bits per heavy atom. The molecule has 0 aromatic carbocycles. The number of hydrogen-bond acceptors (Lipinski definition) is 5. The normalized spacial score (nSPS) is 26.5. The second-order valence-corrected chi connectivity index (χ2v) is 6.57. The van der Waals surface area contributed by atoms with Crippen molar-refractivity contribution in [3.63, 3.8) is 0 Å². The molecule has 2 aliphatic rings.